The van der Waals surface area contributed by atoms with Crippen molar-refractivity contribution in [3.63, 3.8) is 0 Å². The van der Waals surface area contributed by atoms with Crippen molar-refractivity contribution >= 4 is 17.8 Å². The number of amides is 4. The molecule has 2 heterocycles. The first-order chi connectivity index (χ1) is 9.00. The Hall–Kier alpha value is -1.59. The van der Waals surface area contributed by atoms with Crippen molar-refractivity contribution in [1.29, 1.82) is 0 Å². The molecular weight excluding hydrogens is 246 g/mol. The van der Waals surface area contributed by atoms with E-state index >= 15 is 0 Å². The molecule has 4 amide bonds. The van der Waals surface area contributed by atoms with Crippen molar-refractivity contribution in [2.45, 2.75) is 39.2 Å². The van der Waals surface area contributed by atoms with E-state index in [1.165, 1.54) is 0 Å². The van der Waals surface area contributed by atoms with Crippen LogP contribution in [0.4, 0.5) is 4.79 Å². The van der Waals surface area contributed by atoms with Gasteiger partial charge in [0.25, 0.3) is 5.91 Å². The van der Waals surface area contributed by atoms with Crippen LogP contribution in [0.25, 0.3) is 0 Å². The average molecular weight is 267 g/mol. The monoisotopic (exact) mass is 267 g/mol. The molecule has 106 valence electrons. The highest BCUT2D eigenvalue weighted by Gasteiger charge is 2.40. The van der Waals surface area contributed by atoms with E-state index in [0.29, 0.717) is 0 Å². The second kappa shape index (κ2) is 5.59. The maximum Gasteiger partial charge on any atom is 0.325 e. The van der Waals surface area contributed by atoms with Crippen LogP contribution in [0.3, 0.4) is 0 Å². The van der Waals surface area contributed by atoms with E-state index in [-0.39, 0.29) is 24.3 Å². The summed E-state index contributed by atoms with van der Waals surface area (Å²) < 4.78 is 0. The van der Waals surface area contributed by atoms with Gasteiger partial charge in [-0.3, -0.25) is 14.5 Å². The number of rotatable bonds is 3. The minimum Gasteiger partial charge on any atom is -0.341 e. The van der Waals surface area contributed by atoms with Crippen molar-refractivity contribution < 1.29 is 14.4 Å². The van der Waals surface area contributed by atoms with Crippen LogP contribution >= 0.6 is 0 Å². The van der Waals surface area contributed by atoms with Crippen LogP contribution in [-0.4, -0.2) is 53.3 Å². The van der Waals surface area contributed by atoms with E-state index in [1.54, 1.807) is 4.90 Å². The summed E-state index contributed by atoms with van der Waals surface area (Å²) in [7, 11) is 0. The molecule has 0 aliphatic carbocycles. The number of carbonyl (C=O) groups is 3. The molecule has 1 atom stereocenters. The number of urea groups is 1. The van der Waals surface area contributed by atoms with Gasteiger partial charge in [-0.1, -0.05) is 13.8 Å². The predicted octanol–water partition coefficient (Wildman–Crippen LogP) is 0.575. The molecule has 0 radical (unpaired) electrons. The second-order valence-corrected chi connectivity index (χ2v) is 5.54. The lowest BCUT2D eigenvalue weighted by atomic mass is 10.1. The Labute approximate surface area is 113 Å². The molecule has 0 aromatic rings. The number of imide groups is 1. The molecule has 2 aliphatic heterocycles. The van der Waals surface area contributed by atoms with Crippen LogP contribution in [0.2, 0.25) is 0 Å². The summed E-state index contributed by atoms with van der Waals surface area (Å²) in [5, 5.41) is 2.63. The van der Waals surface area contributed by atoms with Gasteiger partial charge in [-0.2, -0.15) is 0 Å². The molecular formula is C13H21N3O3. The van der Waals surface area contributed by atoms with Gasteiger partial charge >= 0.3 is 6.03 Å². The minimum absolute atomic E-state index is 0.0338. The highest BCUT2D eigenvalue weighted by molar-refractivity contribution is 6.06. The van der Waals surface area contributed by atoms with E-state index in [1.807, 2.05) is 13.8 Å². The van der Waals surface area contributed by atoms with Crippen LogP contribution in [-0.2, 0) is 9.59 Å². The molecule has 2 rings (SSSR count). The normalized spacial score (nSPS) is 24.1. The lowest BCUT2D eigenvalue weighted by Gasteiger charge is -2.28. The Bertz CT molecular complexity index is 389. The van der Waals surface area contributed by atoms with Gasteiger partial charge in [-0.15, -0.1) is 0 Å². The third kappa shape index (κ3) is 2.88. The fourth-order valence-electron chi connectivity index (χ4n) is 2.52. The number of nitrogens with zero attached hydrogens (tertiary/aromatic N) is 2. The van der Waals surface area contributed by atoms with E-state index < -0.39 is 12.1 Å². The predicted molar refractivity (Wildman–Crippen MR) is 69.3 cm³/mol. The third-order valence-electron chi connectivity index (χ3n) is 3.73. The van der Waals surface area contributed by atoms with Crippen molar-refractivity contribution in [2.24, 2.45) is 5.92 Å². The summed E-state index contributed by atoms with van der Waals surface area (Å²) >= 11 is 0. The molecule has 19 heavy (non-hydrogen) atoms. The topological polar surface area (TPSA) is 69.7 Å². The molecule has 0 unspecified atom stereocenters. The van der Waals surface area contributed by atoms with Gasteiger partial charge in [0.1, 0.15) is 12.6 Å². The molecule has 2 aliphatic rings. The number of likely N-dealkylation sites (tertiary alicyclic amines) is 1. The molecule has 0 bridgehead atoms. The molecule has 0 spiro atoms. The number of nitrogens with one attached hydrogen (secondary N) is 1. The highest BCUT2D eigenvalue weighted by atomic mass is 16.2. The Balaban J connectivity index is 1.96. The first-order valence-electron chi connectivity index (χ1n) is 6.90. The maximum atomic E-state index is 12.1. The SMILES string of the molecule is CC(C)[C@H]1NC(=O)N(CC(=O)N2CCCCC2)C1=O. The van der Waals surface area contributed by atoms with E-state index in [9.17, 15) is 14.4 Å². The Morgan fingerprint density at radius 2 is 1.89 bits per heavy atom. The van der Waals surface area contributed by atoms with Gasteiger partial charge < -0.3 is 10.2 Å². The van der Waals surface area contributed by atoms with Gasteiger partial charge in [0.2, 0.25) is 5.91 Å². The molecule has 6 heteroatoms. The molecule has 0 aromatic carbocycles. The lowest BCUT2D eigenvalue weighted by Crippen LogP contribution is -2.45. The van der Waals surface area contributed by atoms with Gasteiger partial charge in [0, 0.05) is 13.1 Å². The smallest absolute Gasteiger partial charge is 0.325 e. The van der Waals surface area contributed by atoms with Gasteiger partial charge in [0.05, 0.1) is 0 Å². The van der Waals surface area contributed by atoms with Crippen molar-refractivity contribution in [2.75, 3.05) is 19.6 Å². The van der Waals surface area contributed by atoms with Crippen LogP contribution in [0.1, 0.15) is 33.1 Å². The Kier molecular flexibility index (Phi) is 4.07. The first kappa shape index (κ1) is 13.8. The van der Waals surface area contributed by atoms with Crippen LogP contribution in [0, 0.1) is 5.92 Å². The van der Waals surface area contributed by atoms with E-state index in [4.69, 9.17) is 0 Å². The molecule has 1 N–H and O–H groups in total. The first-order valence-corrected chi connectivity index (χ1v) is 6.90. The largest absolute Gasteiger partial charge is 0.341 e. The van der Waals surface area contributed by atoms with Crippen molar-refractivity contribution in [3.8, 4) is 0 Å². The molecule has 2 fully saturated rings. The molecule has 0 saturated carbocycles. The lowest BCUT2D eigenvalue weighted by molar-refractivity contribution is -0.138. The molecule has 6 nitrogen and oxygen atoms in total. The summed E-state index contributed by atoms with van der Waals surface area (Å²) in [5.41, 5.74) is 0. The number of hydrogen-bond acceptors (Lipinski definition) is 3. The number of carbonyl (C=O) groups excluding carboxylic acids is 3. The number of hydrogen-bond donors (Lipinski definition) is 1. The van der Waals surface area contributed by atoms with Crippen molar-refractivity contribution in [1.82, 2.24) is 15.1 Å². The fourth-order valence-corrected chi connectivity index (χ4v) is 2.52. The van der Waals surface area contributed by atoms with Crippen molar-refractivity contribution in [3.05, 3.63) is 0 Å². The van der Waals surface area contributed by atoms with Gasteiger partial charge in [0.15, 0.2) is 0 Å². The van der Waals surface area contributed by atoms with Crippen LogP contribution < -0.4 is 5.32 Å². The highest BCUT2D eigenvalue weighted by Crippen LogP contribution is 2.15. The summed E-state index contributed by atoms with van der Waals surface area (Å²) in [6.45, 7) is 5.08. The summed E-state index contributed by atoms with van der Waals surface area (Å²) in [5.74, 6) is -0.385. The van der Waals surface area contributed by atoms with E-state index in [2.05, 4.69) is 5.32 Å². The minimum atomic E-state index is -0.498. The van der Waals surface area contributed by atoms with Gasteiger partial charge in [-0.25, -0.2) is 4.79 Å². The average Bonchev–Trinajstić information content (AvgIpc) is 2.68. The standard InChI is InChI=1S/C13H21N3O3/c1-9(2)11-12(18)16(13(19)14-11)8-10(17)15-6-4-3-5-7-15/h9,11H,3-8H2,1-2H3,(H,14,19)/t11-/m1/s1. The Morgan fingerprint density at radius 3 is 2.42 bits per heavy atom. The summed E-state index contributed by atoms with van der Waals surface area (Å²) in [6.07, 6.45) is 3.14. The second-order valence-electron chi connectivity index (χ2n) is 5.54. The molecule has 2 saturated heterocycles. The Morgan fingerprint density at radius 1 is 1.26 bits per heavy atom. The zero-order chi connectivity index (χ0) is 14.0. The molecule has 0 aromatic heterocycles. The zero-order valence-corrected chi connectivity index (χ0v) is 11.5. The fraction of sp³-hybridized carbons (Fsp3) is 0.769. The number of piperidine rings is 1. The quantitative estimate of drug-likeness (QED) is 0.760. The third-order valence-corrected chi connectivity index (χ3v) is 3.73. The van der Waals surface area contributed by atoms with E-state index in [0.717, 1.165) is 37.3 Å². The summed E-state index contributed by atoms with van der Waals surface area (Å²) in [6, 6.07) is -0.948. The van der Waals surface area contributed by atoms with Crippen LogP contribution in [0.5, 0.6) is 0 Å². The maximum absolute atomic E-state index is 12.1. The van der Waals surface area contributed by atoms with Crippen LogP contribution in [0.15, 0.2) is 0 Å². The zero-order valence-electron chi connectivity index (χ0n) is 11.5. The summed E-state index contributed by atoms with van der Waals surface area (Å²) in [4.78, 5) is 38.6. The van der Waals surface area contributed by atoms with Gasteiger partial charge in [-0.05, 0) is 25.2 Å².